The molecule has 0 unspecified atom stereocenters. The number of nitrogens with zero attached hydrogens (tertiary/aromatic N) is 3. The van der Waals surface area contributed by atoms with Crippen LogP contribution in [0.1, 0.15) is 23.2 Å². The van der Waals surface area contributed by atoms with Crippen molar-refractivity contribution < 1.29 is 9.72 Å². The molecular weight excluding hydrogens is 344 g/mol. The van der Waals surface area contributed by atoms with Crippen LogP contribution in [0.5, 0.6) is 0 Å². The molecule has 4 rings (SSSR count). The minimum absolute atomic E-state index is 0.0975. The van der Waals surface area contributed by atoms with Crippen LogP contribution >= 0.6 is 0 Å². The number of nitrogens with one attached hydrogen (secondary N) is 1. The molecule has 0 saturated carbocycles. The maximum absolute atomic E-state index is 12.9. The van der Waals surface area contributed by atoms with E-state index >= 15 is 0 Å². The number of non-ortho nitro benzene ring substituents is 1. The predicted octanol–water partition coefficient (Wildman–Crippen LogP) is 4.00. The molecule has 0 spiro atoms. The lowest BCUT2D eigenvalue weighted by Gasteiger charge is -2.20. The van der Waals surface area contributed by atoms with Gasteiger partial charge in [0.05, 0.1) is 33.6 Å². The maximum atomic E-state index is 12.9. The smallest absolute Gasteiger partial charge is 0.270 e. The highest BCUT2D eigenvalue weighted by Crippen LogP contribution is 2.29. The molecule has 1 N–H and O–H groups in total. The van der Waals surface area contributed by atoms with Crippen molar-refractivity contribution in [2.45, 2.75) is 12.8 Å². The summed E-state index contributed by atoms with van der Waals surface area (Å²) in [5.41, 5.74) is 2.32. The number of carbonyl (C=O) groups excluding carboxylic acids is 1. The lowest BCUT2D eigenvalue weighted by Crippen LogP contribution is -2.23. The molecule has 1 amide bonds. The van der Waals surface area contributed by atoms with E-state index in [4.69, 9.17) is 0 Å². The summed E-state index contributed by atoms with van der Waals surface area (Å²) in [4.78, 5) is 30.0. The molecule has 7 heteroatoms. The molecule has 0 radical (unpaired) electrons. The monoisotopic (exact) mass is 362 g/mol. The number of nitro groups is 1. The summed E-state index contributed by atoms with van der Waals surface area (Å²) in [5, 5.41) is 14.9. The molecule has 136 valence electrons. The third-order valence-electron chi connectivity index (χ3n) is 4.73. The first-order valence-electron chi connectivity index (χ1n) is 8.81. The average Bonchev–Trinajstić information content (AvgIpc) is 3.22. The van der Waals surface area contributed by atoms with Gasteiger partial charge in [-0.15, -0.1) is 0 Å². The van der Waals surface area contributed by atoms with E-state index in [9.17, 15) is 14.9 Å². The molecule has 1 fully saturated rings. The normalized spacial score (nSPS) is 13.7. The molecule has 0 aliphatic carbocycles. The van der Waals surface area contributed by atoms with Crippen LogP contribution in [0.25, 0.3) is 10.9 Å². The lowest BCUT2D eigenvalue weighted by molar-refractivity contribution is -0.384. The number of amides is 1. The highest BCUT2D eigenvalue weighted by atomic mass is 16.6. The summed E-state index contributed by atoms with van der Waals surface area (Å²) >= 11 is 0. The minimum atomic E-state index is -0.484. The molecule has 0 bridgehead atoms. The largest absolute Gasteiger partial charge is 0.371 e. The van der Waals surface area contributed by atoms with E-state index in [1.807, 2.05) is 30.3 Å². The Bertz CT molecular complexity index is 1030. The van der Waals surface area contributed by atoms with Crippen molar-refractivity contribution in [2.75, 3.05) is 23.3 Å². The number of aromatic nitrogens is 1. The van der Waals surface area contributed by atoms with Crippen LogP contribution in [0.15, 0.2) is 54.7 Å². The van der Waals surface area contributed by atoms with Crippen molar-refractivity contribution in [1.82, 2.24) is 4.98 Å². The SMILES string of the molecule is O=C(Nc1cnc2ccccc2c1)c1cc([N+](=O)[O-])ccc1N1CCCC1. The third-order valence-corrected chi connectivity index (χ3v) is 4.73. The molecule has 27 heavy (non-hydrogen) atoms. The van der Waals surface area contributed by atoms with Crippen molar-refractivity contribution in [3.63, 3.8) is 0 Å². The molecule has 1 aliphatic rings. The third kappa shape index (κ3) is 3.44. The van der Waals surface area contributed by atoms with Crippen molar-refractivity contribution in [3.05, 3.63) is 70.4 Å². The van der Waals surface area contributed by atoms with Gasteiger partial charge >= 0.3 is 0 Å². The van der Waals surface area contributed by atoms with Gasteiger partial charge in [-0.1, -0.05) is 18.2 Å². The number of hydrogen-bond donors (Lipinski definition) is 1. The maximum Gasteiger partial charge on any atom is 0.270 e. The van der Waals surface area contributed by atoms with Crippen LogP contribution < -0.4 is 10.2 Å². The second-order valence-corrected chi connectivity index (χ2v) is 6.52. The summed E-state index contributed by atoms with van der Waals surface area (Å²) in [5.74, 6) is -0.377. The number of nitro benzene ring substituents is 1. The van der Waals surface area contributed by atoms with Gasteiger partial charge in [0.2, 0.25) is 0 Å². The summed E-state index contributed by atoms with van der Waals surface area (Å²) in [7, 11) is 0. The number of pyridine rings is 1. The molecule has 1 aliphatic heterocycles. The quantitative estimate of drug-likeness (QED) is 0.560. The first-order chi connectivity index (χ1) is 13.1. The molecule has 1 aromatic heterocycles. The van der Waals surface area contributed by atoms with E-state index in [1.54, 1.807) is 12.3 Å². The van der Waals surface area contributed by atoms with E-state index in [0.717, 1.165) is 42.5 Å². The molecule has 3 aromatic rings. The fraction of sp³-hybridized carbons (Fsp3) is 0.200. The lowest BCUT2D eigenvalue weighted by atomic mass is 10.1. The minimum Gasteiger partial charge on any atom is -0.371 e. The number of benzene rings is 2. The zero-order valence-corrected chi connectivity index (χ0v) is 14.6. The number of anilines is 2. The van der Waals surface area contributed by atoms with Gasteiger partial charge in [0.15, 0.2) is 0 Å². The Labute approximate surface area is 155 Å². The van der Waals surface area contributed by atoms with Gasteiger partial charge in [0, 0.05) is 30.6 Å². The van der Waals surface area contributed by atoms with Gasteiger partial charge in [-0.2, -0.15) is 0 Å². The Hall–Kier alpha value is -3.48. The summed E-state index contributed by atoms with van der Waals surface area (Å²) < 4.78 is 0. The van der Waals surface area contributed by atoms with Crippen LogP contribution in [0.2, 0.25) is 0 Å². The van der Waals surface area contributed by atoms with Gasteiger partial charge in [-0.05, 0) is 31.0 Å². The van der Waals surface area contributed by atoms with E-state index in [1.165, 1.54) is 12.1 Å². The summed E-state index contributed by atoms with van der Waals surface area (Å²) in [6, 6.07) is 13.9. The van der Waals surface area contributed by atoms with Crippen molar-refractivity contribution in [1.29, 1.82) is 0 Å². The van der Waals surface area contributed by atoms with Gasteiger partial charge in [0.25, 0.3) is 11.6 Å². The molecule has 0 atom stereocenters. The van der Waals surface area contributed by atoms with Gasteiger partial charge in [-0.25, -0.2) is 0 Å². The van der Waals surface area contributed by atoms with Crippen LogP contribution in [-0.4, -0.2) is 28.9 Å². The number of carbonyl (C=O) groups is 1. The van der Waals surface area contributed by atoms with E-state index in [2.05, 4.69) is 15.2 Å². The Kier molecular flexibility index (Phi) is 4.42. The fourth-order valence-corrected chi connectivity index (χ4v) is 3.39. The molecule has 1 saturated heterocycles. The van der Waals surface area contributed by atoms with Gasteiger partial charge < -0.3 is 10.2 Å². The topological polar surface area (TPSA) is 88.4 Å². The molecule has 2 aromatic carbocycles. The van der Waals surface area contributed by atoms with Crippen LogP contribution in [0.4, 0.5) is 17.1 Å². The molecular formula is C20H18N4O3. The van der Waals surface area contributed by atoms with Crippen LogP contribution in [0, 0.1) is 10.1 Å². The van der Waals surface area contributed by atoms with E-state index in [0.29, 0.717) is 11.3 Å². The number of rotatable bonds is 4. The number of hydrogen-bond acceptors (Lipinski definition) is 5. The second kappa shape index (κ2) is 7.03. The Morgan fingerprint density at radius 3 is 2.67 bits per heavy atom. The zero-order valence-electron chi connectivity index (χ0n) is 14.6. The fourth-order valence-electron chi connectivity index (χ4n) is 3.39. The average molecular weight is 362 g/mol. The summed E-state index contributed by atoms with van der Waals surface area (Å²) in [6.45, 7) is 1.69. The first kappa shape index (κ1) is 17.0. The predicted molar refractivity (Wildman–Crippen MR) is 104 cm³/mol. The number of para-hydroxylation sites is 1. The first-order valence-corrected chi connectivity index (χ1v) is 8.81. The number of fused-ring (bicyclic) bond motifs is 1. The van der Waals surface area contributed by atoms with E-state index < -0.39 is 4.92 Å². The zero-order chi connectivity index (χ0) is 18.8. The van der Waals surface area contributed by atoms with E-state index in [-0.39, 0.29) is 11.6 Å². The van der Waals surface area contributed by atoms with Crippen molar-refractivity contribution >= 4 is 33.9 Å². The summed E-state index contributed by atoms with van der Waals surface area (Å²) in [6.07, 6.45) is 3.69. The highest BCUT2D eigenvalue weighted by molar-refractivity contribution is 6.09. The Morgan fingerprint density at radius 2 is 1.89 bits per heavy atom. The van der Waals surface area contributed by atoms with Gasteiger partial charge in [0.1, 0.15) is 0 Å². The standard InChI is InChI=1S/C20H18N4O3/c25-20(22-15-11-14-5-1-2-6-18(14)21-13-15)17-12-16(24(26)27)7-8-19(17)23-9-3-4-10-23/h1-2,5-8,11-13H,3-4,9-10H2,(H,22,25). The molecule has 7 nitrogen and oxygen atoms in total. The Balaban J connectivity index is 1.68. The van der Waals surface area contributed by atoms with Crippen LogP contribution in [-0.2, 0) is 0 Å². The van der Waals surface area contributed by atoms with Crippen LogP contribution in [0.3, 0.4) is 0 Å². The van der Waals surface area contributed by atoms with Crippen molar-refractivity contribution in [3.8, 4) is 0 Å². The second-order valence-electron chi connectivity index (χ2n) is 6.52. The Morgan fingerprint density at radius 1 is 1.11 bits per heavy atom. The van der Waals surface area contributed by atoms with Crippen molar-refractivity contribution in [2.24, 2.45) is 0 Å². The van der Waals surface area contributed by atoms with Gasteiger partial charge in [-0.3, -0.25) is 19.9 Å². The highest BCUT2D eigenvalue weighted by Gasteiger charge is 2.22. The molecule has 2 heterocycles.